The smallest absolute Gasteiger partial charge is 0.320 e. The van der Waals surface area contributed by atoms with Crippen molar-refractivity contribution in [2.24, 2.45) is 5.92 Å². The van der Waals surface area contributed by atoms with Gasteiger partial charge in [-0.2, -0.15) is 5.26 Å². The summed E-state index contributed by atoms with van der Waals surface area (Å²) in [6, 6.07) is 9.53. The Kier molecular flexibility index (Phi) is 5.01. The molecule has 0 bridgehead atoms. The number of aromatic nitrogens is 1. The van der Waals surface area contributed by atoms with Gasteiger partial charge in [-0.15, -0.1) is 0 Å². The normalized spacial score (nSPS) is 19.9. The molecule has 3 unspecified atom stereocenters. The highest BCUT2D eigenvalue weighted by atomic mass is 19.1. The number of amides is 2. The molecule has 0 radical (unpaired) electrons. The fourth-order valence-corrected chi connectivity index (χ4v) is 3.98. The number of ether oxygens (including phenoxy) is 2. The van der Waals surface area contributed by atoms with Crippen molar-refractivity contribution in [1.29, 1.82) is 5.26 Å². The molecule has 0 saturated heterocycles. The number of urea groups is 1. The number of hydrogen-bond acceptors (Lipinski definition) is 5. The number of carbonyl (C=O) groups excluding carboxylic acids is 1. The summed E-state index contributed by atoms with van der Waals surface area (Å²) in [7, 11) is 0. The molecule has 2 aliphatic rings. The van der Waals surface area contributed by atoms with Gasteiger partial charge in [-0.25, -0.2) is 22.9 Å². The van der Waals surface area contributed by atoms with E-state index in [0.717, 1.165) is 18.2 Å². The van der Waals surface area contributed by atoms with Gasteiger partial charge in [0.15, 0.2) is 11.6 Å². The zero-order valence-corrected chi connectivity index (χ0v) is 16.8. The first-order valence-corrected chi connectivity index (χ1v) is 9.96. The van der Waals surface area contributed by atoms with Crippen LogP contribution in [0.25, 0.3) is 0 Å². The SMILES string of the molecule is N#Cc1cc(F)ccc1Oc1ccc(NC(=O)NC2C3COc4c(F)ccc(F)c4C32)nc1. The lowest BCUT2D eigenvalue weighted by atomic mass is 10.0. The Hall–Kier alpha value is -4.26. The van der Waals surface area contributed by atoms with E-state index in [1.165, 1.54) is 30.5 Å². The molecule has 0 spiro atoms. The Morgan fingerprint density at radius 1 is 1.15 bits per heavy atom. The minimum Gasteiger partial charge on any atom is -0.490 e. The molecule has 2 heterocycles. The molecule has 3 aromatic rings. The van der Waals surface area contributed by atoms with Gasteiger partial charge < -0.3 is 14.8 Å². The summed E-state index contributed by atoms with van der Waals surface area (Å²) >= 11 is 0. The van der Waals surface area contributed by atoms with Gasteiger partial charge in [0.2, 0.25) is 0 Å². The lowest BCUT2D eigenvalue weighted by molar-refractivity contribution is 0.247. The second-order valence-corrected chi connectivity index (χ2v) is 7.63. The monoisotopic (exact) mass is 452 g/mol. The van der Waals surface area contributed by atoms with Crippen LogP contribution in [-0.4, -0.2) is 23.7 Å². The van der Waals surface area contributed by atoms with Crippen molar-refractivity contribution < 1.29 is 27.4 Å². The highest BCUT2D eigenvalue weighted by Gasteiger charge is 2.57. The van der Waals surface area contributed by atoms with Crippen molar-refractivity contribution in [3.63, 3.8) is 0 Å². The summed E-state index contributed by atoms with van der Waals surface area (Å²) in [4.78, 5) is 16.5. The van der Waals surface area contributed by atoms with Crippen LogP contribution in [0.4, 0.5) is 23.8 Å². The lowest BCUT2D eigenvalue weighted by Crippen LogP contribution is -2.32. The highest BCUT2D eigenvalue weighted by Crippen LogP contribution is 2.55. The highest BCUT2D eigenvalue weighted by molar-refractivity contribution is 5.89. The maximum Gasteiger partial charge on any atom is 0.320 e. The summed E-state index contributed by atoms with van der Waals surface area (Å²) in [6.07, 6.45) is 1.33. The molecular weight excluding hydrogens is 437 g/mol. The van der Waals surface area contributed by atoms with Gasteiger partial charge in [-0.3, -0.25) is 5.32 Å². The standard InChI is InChI=1S/C23H15F3N4O3/c24-12-1-5-17(11(7-12)8-27)33-13-2-6-18(28-9-13)29-23(31)30-21-14-10-32-22-16(26)4-3-15(25)20(22)19(14)21/h1-7,9,14,19,21H,10H2,(H2,28,29,30,31). The van der Waals surface area contributed by atoms with E-state index >= 15 is 0 Å². The molecule has 1 aromatic heterocycles. The van der Waals surface area contributed by atoms with Gasteiger partial charge in [0.05, 0.1) is 18.4 Å². The van der Waals surface area contributed by atoms with Crippen LogP contribution in [0.3, 0.4) is 0 Å². The Balaban J connectivity index is 1.21. The number of nitrogens with one attached hydrogen (secondary N) is 2. The second kappa shape index (κ2) is 8.02. The third-order valence-corrected chi connectivity index (χ3v) is 5.58. The van der Waals surface area contributed by atoms with Crippen molar-refractivity contribution in [3.8, 4) is 23.3 Å². The van der Waals surface area contributed by atoms with E-state index in [1.54, 1.807) is 0 Å². The molecule has 1 saturated carbocycles. The number of rotatable bonds is 4. The summed E-state index contributed by atoms with van der Waals surface area (Å²) in [5, 5.41) is 14.4. The zero-order chi connectivity index (χ0) is 23.1. The third-order valence-electron chi connectivity index (χ3n) is 5.58. The van der Waals surface area contributed by atoms with E-state index in [0.29, 0.717) is 0 Å². The number of hydrogen-bond donors (Lipinski definition) is 2. The van der Waals surface area contributed by atoms with Crippen LogP contribution < -0.4 is 20.1 Å². The van der Waals surface area contributed by atoms with Crippen molar-refractivity contribution in [3.05, 3.63) is 77.2 Å². The third kappa shape index (κ3) is 3.89. The lowest BCUT2D eigenvalue weighted by Gasteiger charge is -2.16. The van der Waals surface area contributed by atoms with Crippen LogP contribution in [0.2, 0.25) is 0 Å². The van der Waals surface area contributed by atoms with Gasteiger partial charge in [0.1, 0.15) is 35.0 Å². The quantitative estimate of drug-likeness (QED) is 0.610. The fourth-order valence-electron chi connectivity index (χ4n) is 3.98. The molecule has 1 aliphatic heterocycles. The first-order valence-electron chi connectivity index (χ1n) is 9.96. The van der Waals surface area contributed by atoms with Crippen molar-refractivity contribution >= 4 is 11.8 Å². The molecule has 2 aromatic carbocycles. The van der Waals surface area contributed by atoms with Crippen LogP contribution >= 0.6 is 0 Å². The molecule has 10 heteroatoms. The molecule has 1 fully saturated rings. The molecule has 1 aliphatic carbocycles. The second-order valence-electron chi connectivity index (χ2n) is 7.63. The van der Waals surface area contributed by atoms with Crippen LogP contribution in [0, 0.1) is 34.7 Å². The fraction of sp³-hybridized carbons (Fsp3) is 0.174. The van der Waals surface area contributed by atoms with E-state index in [9.17, 15) is 18.0 Å². The number of nitriles is 1. The number of fused-ring (bicyclic) bond motifs is 3. The summed E-state index contributed by atoms with van der Waals surface area (Å²) < 4.78 is 52.3. The summed E-state index contributed by atoms with van der Waals surface area (Å²) in [6.45, 7) is 0.182. The molecule has 5 rings (SSSR count). The van der Waals surface area contributed by atoms with Crippen molar-refractivity contribution in [2.45, 2.75) is 12.0 Å². The number of nitrogens with zero attached hydrogens (tertiary/aromatic N) is 2. The van der Waals surface area contributed by atoms with Crippen molar-refractivity contribution in [1.82, 2.24) is 10.3 Å². The number of benzene rings is 2. The Morgan fingerprint density at radius 3 is 2.73 bits per heavy atom. The van der Waals surface area contributed by atoms with Gasteiger partial charge >= 0.3 is 6.03 Å². The van der Waals surface area contributed by atoms with Crippen LogP contribution in [0.15, 0.2) is 48.7 Å². The van der Waals surface area contributed by atoms with E-state index in [2.05, 4.69) is 15.6 Å². The average Bonchev–Trinajstić information content (AvgIpc) is 3.51. The molecule has 7 nitrogen and oxygen atoms in total. The zero-order valence-electron chi connectivity index (χ0n) is 16.8. The maximum absolute atomic E-state index is 14.2. The molecule has 3 atom stereocenters. The largest absolute Gasteiger partial charge is 0.490 e. The first-order chi connectivity index (χ1) is 15.9. The van der Waals surface area contributed by atoms with Crippen molar-refractivity contribution in [2.75, 3.05) is 11.9 Å². The van der Waals surface area contributed by atoms with Gasteiger partial charge in [-0.1, -0.05) is 0 Å². The van der Waals surface area contributed by atoms with Crippen LogP contribution in [0.1, 0.15) is 17.0 Å². The minimum absolute atomic E-state index is 0.0318. The number of halogens is 3. The average molecular weight is 452 g/mol. The van der Waals surface area contributed by atoms with E-state index < -0.39 is 29.5 Å². The predicted molar refractivity (Wildman–Crippen MR) is 109 cm³/mol. The number of anilines is 1. The molecular formula is C23H15F3N4O3. The summed E-state index contributed by atoms with van der Waals surface area (Å²) in [5.74, 6) is -1.68. The van der Waals surface area contributed by atoms with Gasteiger partial charge in [0, 0.05) is 23.4 Å². The van der Waals surface area contributed by atoms with Crippen LogP contribution in [0.5, 0.6) is 17.2 Å². The van der Waals surface area contributed by atoms with E-state index in [-0.39, 0.29) is 52.6 Å². The van der Waals surface area contributed by atoms with E-state index in [1.807, 2.05) is 6.07 Å². The molecule has 2 N–H and O–H groups in total. The topological polar surface area (TPSA) is 96.3 Å². The minimum atomic E-state index is -0.631. The van der Waals surface area contributed by atoms with Crippen LogP contribution in [-0.2, 0) is 0 Å². The van der Waals surface area contributed by atoms with Gasteiger partial charge in [0.25, 0.3) is 0 Å². The number of pyridine rings is 1. The predicted octanol–water partition coefficient (Wildman–Crippen LogP) is 4.46. The Morgan fingerprint density at radius 2 is 1.97 bits per heavy atom. The molecule has 33 heavy (non-hydrogen) atoms. The Bertz CT molecular complexity index is 1290. The molecule has 166 valence electrons. The van der Waals surface area contributed by atoms with E-state index in [4.69, 9.17) is 14.7 Å². The van der Waals surface area contributed by atoms with Gasteiger partial charge in [-0.05, 0) is 42.5 Å². The number of carbonyl (C=O) groups is 1. The molecule has 2 amide bonds. The first kappa shape index (κ1) is 20.6. The summed E-state index contributed by atoms with van der Waals surface area (Å²) in [5.41, 5.74) is 0.179. The maximum atomic E-state index is 14.2. The Labute approximate surface area is 185 Å².